The first-order valence-electron chi connectivity index (χ1n) is 7.50. The molecule has 24 heavy (non-hydrogen) atoms. The van der Waals surface area contributed by atoms with Gasteiger partial charge in [-0.1, -0.05) is 18.6 Å². The lowest BCUT2D eigenvalue weighted by molar-refractivity contribution is -0.274. The van der Waals surface area contributed by atoms with E-state index in [1.807, 2.05) is 0 Å². The van der Waals surface area contributed by atoms with Crippen molar-refractivity contribution in [3.8, 4) is 5.75 Å². The summed E-state index contributed by atoms with van der Waals surface area (Å²) in [5.41, 5.74) is -0.385. The number of carbonyl (C=O) groups is 2. The molecule has 1 aliphatic rings. The van der Waals surface area contributed by atoms with Gasteiger partial charge in [0.1, 0.15) is 5.75 Å². The molecule has 1 aliphatic carbocycles. The minimum atomic E-state index is -4.75. The standard InChI is InChI=1S/C16H18F3NO4/c1-10(11-3-5-12(6-4-11)24-16(17,18)19)20-13(21)9-15(14(22)23)7-2-8-15/h3-6,10H,2,7-9H2,1H3,(H,20,21)(H,22,23)/t10-/m0/s1. The number of benzene rings is 1. The van der Waals surface area contributed by atoms with E-state index >= 15 is 0 Å². The Morgan fingerprint density at radius 2 is 1.88 bits per heavy atom. The summed E-state index contributed by atoms with van der Waals surface area (Å²) in [6, 6.07) is 4.71. The van der Waals surface area contributed by atoms with E-state index in [0.29, 0.717) is 18.4 Å². The largest absolute Gasteiger partial charge is 0.573 e. The number of hydrogen-bond acceptors (Lipinski definition) is 3. The van der Waals surface area contributed by atoms with Crippen LogP contribution in [0.25, 0.3) is 0 Å². The predicted octanol–water partition coefficient (Wildman–Crippen LogP) is 3.41. The van der Waals surface area contributed by atoms with Crippen LogP contribution < -0.4 is 10.1 Å². The third-order valence-electron chi connectivity index (χ3n) is 4.25. The monoisotopic (exact) mass is 345 g/mol. The van der Waals surface area contributed by atoms with E-state index < -0.39 is 23.8 Å². The van der Waals surface area contributed by atoms with Crippen LogP contribution in [0.2, 0.25) is 0 Å². The summed E-state index contributed by atoms with van der Waals surface area (Å²) < 4.78 is 40.1. The fourth-order valence-electron chi connectivity index (χ4n) is 2.71. The highest BCUT2D eigenvalue weighted by Gasteiger charge is 2.46. The van der Waals surface area contributed by atoms with Crippen molar-refractivity contribution in [3.63, 3.8) is 0 Å². The van der Waals surface area contributed by atoms with Gasteiger partial charge in [-0.25, -0.2) is 0 Å². The molecule has 1 atom stereocenters. The Kier molecular flexibility index (Phi) is 5.05. The number of carboxylic acids is 1. The zero-order chi connectivity index (χ0) is 18.0. The number of carbonyl (C=O) groups excluding carboxylic acids is 1. The van der Waals surface area contributed by atoms with Gasteiger partial charge in [-0.05, 0) is 37.5 Å². The average molecular weight is 345 g/mol. The molecule has 132 valence electrons. The number of rotatable bonds is 6. The Balaban J connectivity index is 1.93. The van der Waals surface area contributed by atoms with E-state index in [1.54, 1.807) is 6.92 Å². The number of carboxylic acid groups (broad SMARTS) is 1. The first-order valence-corrected chi connectivity index (χ1v) is 7.50. The highest BCUT2D eigenvalue weighted by atomic mass is 19.4. The van der Waals surface area contributed by atoms with Gasteiger partial charge in [0, 0.05) is 6.42 Å². The fraction of sp³-hybridized carbons (Fsp3) is 0.500. The first kappa shape index (κ1) is 18.1. The summed E-state index contributed by atoms with van der Waals surface area (Å²) in [4.78, 5) is 23.3. The fourth-order valence-corrected chi connectivity index (χ4v) is 2.71. The van der Waals surface area contributed by atoms with Gasteiger partial charge in [0.05, 0.1) is 11.5 Å². The molecule has 1 aromatic carbocycles. The zero-order valence-corrected chi connectivity index (χ0v) is 13.0. The zero-order valence-electron chi connectivity index (χ0n) is 13.0. The van der Waals surface area contributed by atoms with Crippen LogP contribution in [0.5, 0.6) is 5.75 Å². The predicted molar refractivity (Wildman–Crippen MR) is 78.2 cm³/mol. The van der Waals surface area contributed by atoms with Crippen LogP contribution in [-0.2, 0) is 9.59 Å². The second-order valence-corrected chi connectivity index (χ2v) is 6.02. The van der Waals surface area contributed by atoms with Gasteiger partial charge in [0.25, 0.3) is 0 Å². The Labute approximate surface area is 136 Å². The number of hydrogen-bond donors (Lipinski definition) is 2. The molecule has 1 saturated carbocycles. The summed E-state index contributed by atoms with van der Waals surface area (Å²) in [7, 11) is 0. The maximum Gasteiger partial charge on any atom is 0.573 e. The Bertz CT molecular complexity index is 609. The van der Waals surface area contributed by atoms with E-state index in [0.717, 1.165) is 18.6 Å². The maximum atomic E-state index is 12.1. The molecule has 0 heterocycles. The second-order valence-electron chi connectivity index (χ2n) is 6.02. The van der Waals surface area contributed by atoms with Gasteiger partial charge in [0.2, 0.25) is 5.91 Å². The first-order chi connectivity index (χ1) is 11.1. The average Bonchev–Trinajstić information content (AvgIpc) is 2.41. The van der Waals surface area contributed by atoms with Crippen LogP contribution in [-0.4, -0.2) is 23.3 Å². The van der Waals surface area contributed by atoms with Crippen LogP contribution in [0.4, 0.5) is 13.2 Å². The maximum absolute atomic E-state index is 12.1. The summed E-state index contributed by atoms with van der Waals surface area (Å²) in [6.45, 7) is 1.67. The molecular weight excluding hydrogens is 327 g/mol. The van der Waals surface area contributed by atoms with E-state index in [4.69, 9.17) is 0 Å². The Hall–Kier alpha value is -2.25. The van der Waals surface area contributed by atoms with Crippen LogP contribution in [0, 0.1) is 5.41 Å². The molecule has 2 N–H and O–H groups in total. The quantitative estimate of drug-likeness (QED) is 0.828. The number of halogens is 3. The van der Waals surface area contributed by atoms with Crippen LogP contribution >= 0.6 is 0 Å². The molecule has 8 heteroatoms. The van der Waals surface area contributed by atoms with Crippen molar-refractivity contribution in [2.45, 2.75) is 45.0 Å². The molecule has 1 amide bonds. The molecule has 1 fully saturated rings. The van der Waals surface area contributed by atoms with E-state index in [9.17, 15) is 27.9 Å². The van der Waals surface area contributed by atoms with Gasteiger partial charge in [0.15, 0.2) is 0 Å². The topological polar surface area (TPSA) is 75.6 Å². The van der Waals surface area contributed by atoms with Gasteiger partial charge >= 0.3 is 12.3 Å². The highest BCUT2D eigenvalue weighted by Crippen LogP contribution is 2.44. The number of ether oxygens (including phenoxy) is 1. The van der Waals surface area contributed by atoms with Crippen molar-refractivity contribution in [2.75, 3.05) is 0 Å². The highest BCUT2D eigenvalue weighted by molar-refractivity contribution is 5.85. The van der Waals surface area contributed by atoms with E-state index in [1.165, 1.54) is 12.1 Å². The third kappa shape index (κ3) is 4.39. The van der Waals surface area contributed by atoms with Gasteiger partial charge in [-0.15, -0.1) is 13.2 Å². The molecule has 2 rings (SSSR count). The number of nitrogens with one attached hydrogen (secondary N) is 1. The third-order valence-corrected chi connectivity index (χ3v) is 4.25. The van der Waals surface area contributed by atoms with Crippen LogP contribution in [0.3, 0.4) is 0 Å². The molecular formula is C16H18F3NO4. The van der Waals surface area contributed by atoms with Crippen molar-refractivity contribution in [3.05, 3.63) is 29.8 Å². The number of aliphatic carboxylic acids is 1. The van der Waals surface area contributed by atoms with Crippen molar-refractivity contribution < 1.29 is 32.6 Å². The van der Waals surface area contributed by atoms with Gasteiger partial charge < -0.3 is 15.2 Å². The van der Waals surface area contributed by atoms with Crippen LogP contribution in [0.1, 0.15) is 44.2 Å². The molecule has 0 bridgehead atoms. The van der Waals surface area contributed by atoms with E-state index in [2.05, 4.69) is 10.1 Å². The molecule has 0 spiro atoms. The SMILES string of the molecule is C[C@H](NC(=O)CC1(C(=O)O)CCC1)c1ccc(OC(F)(F)F)cc1. The molecule has 0 aliphatic heterocycles. The molecule has 5 nitrogen and oxygen atoms in total. The van der Waals surface area contributed by atoms with Gasteiger partial charge in [-0.3, -0.25) is 9.59 Å². The summed E-state index contributed by atoms with van der Waals surface area (Å²) in [5, 5.41) is 11.9. The van der Waals surface area contributed by atoms with Crippen molar-refractivity contribution >= 4 is 11.9 Å². The van der Waals surface area contributed by atoms with Crippen LogP contribution in [0.15, 0.2) is 24.3 Å². The molecule has 0 aromatic heterocycles. The van der Waals surface area contributed by atoms with Crippen molar-refractivity contribution in [1.82, 2.24) is 5.32 Å². The number of alkyl halides is 3. The van der Waals surface area contributed by atoms with Crippen molar-refractivity contribution in [2.24, 2.45) is 5.41 Å². The minimum Gasteiger partial charge on any atom is -0.481 e. The lowest BCUT2D eigenvalue weighted by atomic mass is 9.66. The Morgan fingerprint density at radius 3 is 2.29 bits per heavy atom. The van der Waals surface area contributed by atoms with E-state index in [-0.39, 0.29) is 18.1 Å². The van der Waals surface area contributed by atoms with Crippen molar-refractivity contribution in [1.29, 1.82) is 0 Å². The summed E-state index contributed by atoms with van der Waals surface area (Å²) >= 11 is 0. The molecule has 0 unspecified atom stereocenters. The molecule has 0 saturated heterocycles. The smallest absolute Gasteiger partial charge is 0.481 e. The lowest BCUT2D eigenvalue weighted by Gasteiger charge is -2.37. The molecule has 1 aromatic rings. The minimum absolute atomic E-state index is 0.0953. The summed E-state index contributed by atoms with van der Waals surface area (Å²) in [6.07, 6.45) is -3.10. The Morgan fingerprint density at radius 1 is 1.29 bits per heavy atom. The van der Waals surface area contributed by atoms with Gasteiger partial charge in [-0.2, -0.15) is 0 Å². The second kappa shape index (κ2) is 6.70. The molecule has 0 radical (unpaired) electrons. The summed E-state index contributed by atoms with van der Waals surface area (Å²) in [5.74, 6) is -1.70. The normalized spacial score (nSPS) is 17.5. The lowest BCUT2D eigenvalue weighted by Crippen LogP contribution is -2.43. The number of amides is 1.